The highest BCUT2D eigenvalue weighted by Crippen LogP contribution is 2.25. The SMILES string of the molecule is Cc1ncc(NC(=O)c2cc(C)n(C(C)C)n2)cc1-n1cc(-c2cncc(N3CCCN(C)CC3)c2)nn1. The summed E-state index contributed by atoms with van der Waals surface area (Å²) in [7, 11) is 2.16. The van der Waals surface area contributed by atoms with E-state index in [2.05, 4.69) is 53.6 Å². The van der Waals surface area contributed by atoms with Gasteiger partial charge in [-0.25, -0.2) is 4.68 Å². The highest BCUT2D eigenvalue weighted by molar-refractivity contribution is 6.03. The zero-order chi connectivity index (χ0) is 26.8. The lowest BCUT2D eigenvalue weighted by atomic mass is 10.2. The van der Waals surface area contributed by atoms with Crippen LogP contribution >= 0.6 is 0 Å². The van der Waals surface area contributed by atoms with E-state index in [-0.39, 0.29) is 11.9 Å². The van der Waals surface area contributed by atoms with Gasteiger partial charge < -0.3 is 15.1 Å². The molecule has 0 bridgehead atoms. The van der Waals surface area contributed by atoms with Crippen molar-refractivity contribution in [2.24, 2.45) is 0 Å². The fourth-order valence-electron chi connectivity index (χ4n) is 4.70. The number of nitrogens with zero attached hydrogens (tertiary/aromatic N) is 9. The standard InChI is InChI=1S/C27H34N10O/c1-18(2)37-19(3)11-24(32-37)27(38)30-22-13-26(20(4)29-15-22)36-17-25(31-33-36)21-12-23(16-28-14-21)35-8-6-7-34(5)9-10-35/h11-18H,6-10H2,1-5H3,(H,30,38). The molecule has 1 fully saturated rings. The van der Waals surface area contributed by atoms with Crippen molar-refractivity contribution >= 4 is 17.3 Å². The molecule has 0 atom stereocenters. The first kappa shape index (κ1) is 25.5. The zero-order valence-electron chi connectivity index (χ0n) is 22.6. The Balaban J connectivity index is 1.35. The number of hydrogen-bond donors (Lipinski definition) is 1. The second-order valence-corrected chi connectivity index (χ2v) is 10.1. The van der Waals surface area contributed by atoms with Gasteiger partial charge in [-0.05, 0) is 65.9 Å². The molecule has 0 aliphatic carbocycles. The van der Waals surface area contributed by atoms with Crippen LogP contribution in [0.3, 0.4) is 0 Å². The number of rotatable bonds is 6. The van der Waals surface area contributed by atoms with Gasteiger partial charge in [-0.15, -0.1) is 5.10 Å². The van der Waals surface area contributed by atoms with Crippen LogP contribution < -0.4 is 10.2 Å². The molecule has 198 valence electrons. The van der Waals surface area contributed by atoms with Crippen LogP contribution in [-0.2, 0) is 0 Å². The minimum absolute atomic E-state index is 0.174. The van der Waals surface area contributed by atoms with Gasteiger partial charge in [-0.3, -0.25) is 19.4 Å². The number of carbonyl (C=O) groups excluding carboxylic acids is 1. The summed E-state index contributed by atoms with van der Waals surface area (Å²) in [6.07, 6.45) is 8.33. The van der Waals surface area contributed by atoms with E-state index in [0.717, 1.165) is 66.6 Å². The largest absolute Gasteiger partial charge is 0.369 e. The summed E-state index contributed by atoms with van der Waals surface area (Å²) >= 11 is 0. The average Bonchev–Trinajstić information content (AvgIpc) is 3.48. The molecule has 0 saturated carbocycles. The van der Waals surface area contributed by atoms with Crippen molar-refractivity contribution in [2.45, 2.75) is 40.2 Å². The van der Waals surface area contributed by atoms with Gasteiger partial charge in [0, 0.05) is 43.1 Å². The summed E-state index contributed by atoms with van der Waals surface area (Å²) in [5, 5.41) is 16.1. The van der Waals surface area contributed by atoms with Crippen molar-refractivity contribution in [2.75, 3.05) is 43.4 Å². The van der Waals surface area contributed by atoms with Crippen molar-refractivity contribution in [1.82, 2.24) is 39.6 Å². The van der Waals surface area contributed by atoms with Crippen LogP contribution in [-0.4, -0.2) is 78.8 Å². The smallest absolute Gasteiger partial charge is 0.276 e. The van der Waals surface area contributed by atoms with Crippen LogP contribution in [0.25, 0.3) is 16.9 Å². The number of carbonyl (C=O) groups is 1. The predicted octanol–water partition coefficient (Wildman–Crippen LogP) is 3.51. The number of amides is 1. The molecule has 5 heterocycles. The van der Waals surface area contributed by atoms with Gasteiger partial charge in [-0.2, -0.15) is 5.10 Å². The van der Waals surface area contributed by atoms with Crippen LogP contribution in [0.15, 0.2) is 43.0 Å². The minimum atomic E-state index is -0.286. The van der Waals surface area contributed by atoms with Gasteiger partial charge in [0.2, 0.25) is 0 Å². The Morgan fingerprint density at radius 3 is 2.66 bits per heavy atom. The maximum Gasteiger partial charge on any atom is 0.276 e. The number of anilines is 2. The van der Waals surface area contributed by atoms with Crippen LogP contribution in [0.5, 0.6) is 0 Å². The third kappa shape index (κ3) is 5.42. The number of hydrogen-bond acceptors (Lipinski definition) is 8. The lowest BCUT2D eigenvalue weighted by Gasteiger charge is -2.22. The van der Waals surface area contributed by atoms with Crippen molar-refractivity contribution < 1.29 is 4.79 Å². The molecule has 1 N–H and O–H groups in total. The lowest BCUT2D eigenvalue weighted by Crippen LogP contribution is -2.28. The molecule has 38 heavy (non-hydrogen) atoms. The summed E-state index contributed by atoms with van der Waals surface area (Å²) in [5.41, 5.74) is 6.05. The Labute approximate surface area is 222 Å². The van der Waals surface area contributed by atoms with E-state index >= 15 is 0 Å². The molecule has 11 nitrogen and oxygen atoms in total. The van der Waals surface area contributed by atoms with Crippen molar-refractivity contribution in [3.05, 3.63) is 60.1 Å². The monoisotopic (exact) mass is 514 g/mol. The summed E-state index contributed by atoms with van der Waals surface area (Å²) in [4.78, 5) is 26.5. The molecule has 0 unspecified atom stereocenters. The first-order chi connectivity index (χ1) is 18.3. The van der Waals surface area contributed by atoms with E-state index in [9.17, 15) is 4.79 Å². The summed E-state index contributed by atoms with van der Waals surface area (Å²) in [6, 6.07) is 5.92. The minimum Gasteiger partial charge on any atom is -0.369 e. The first-order valence-electron chi connectivity index (χ1n) is 12.9. The quantitative estimate of drug-likeness (QED) is 0.416. The van der Waals surface area contributed by atoms with Gasteiger partial charge >= 0.3 is 0 Å². The highest BCUT2D eigenvalue weighted by atomic mass is 16.2. The average molecular weight is 515 g/mol. The summed E-state index contributed by atoms with van der Waals surface area (Å²) < 4.78 is 3.51. The molecule has 4 aromatic rings. The van der Waals surface area contributed by atoms with E-state index in [0.29, 0.717) is 11.4 Å². The van der Waals surface area contributed by atoms with E-state index < -0.39 is 0 Å². The summed E-state index contributed by atoms with van der Waals surface area (Å²) in [6.45, 7) is 12.0. The molecule has 11 heteroatoms. The number of pyridine rings is 2. The maximum atomic E-state index is 12.9. The summed E-state index contributed by atoms with van der Waals surface area (Å²) in [5.74, 6) is -0.286. The molecule has 1 aliphatic rings. The number of likely N-dealkylation sites (N-methyl/N-ethyl adjacent to an activating group) is 1. The zero-order valence-corrected chi connectivity index (χ0v) is 22.6. The normalized spacial score (nSPS) is 14.6. The fraction of sp³-hybridized carbons (Fsp3) is 0.407. The topological polar surface area (TPSA) is 110 Å². The Morgan fingerprint density at radius 1 is 1.03 bits per heavy atom. The number of nitrogens with one attached hydrogen (secondary N) is 1. The predicted molar refractivity (Wildman–Crippen MR) is 147 cm³/mol. The van der Waals surface area contributed by atoms with Gasteiger partial charge in [0.25, 0.3) is 5.91 Å². The van der Waals surface area contributed by atoms with Gasteiger partial charge in [0.1, 0.15) is 5.69 Å². The van der Waals surface area contributed by atoms with E-state index in [1.165, 1.54) is 0 Å². The molecular formula is C27H34N10O. The van der Waals surface area contributed by atoms with Crippen LogP contribution in [0, 0.1) is 13.8 Å². The molecular weight excluding hydrogens is 480 g/mol. The maximum absolute atomic E-state index is 12.9. The highest BCUT2D eigenvalue weighted by Gasteiger charge is 2.17. The number of aryl methyl sites for hydroxylation is 2. The molecule has 1 aliphatic heterocycles. The third-order valence-corrected chi connectivity index (χ3v) is 6.81. The van der Waals surface area contributed by atoms with Crippen molar-refractivity contribution in [3.63, 3.8) is 0 Å². The Hall–Kier alpha value is -4.12. The van der Waals surface area contributed by atoms with E-state index in [1.807, 2.05) is 57.0 Å². The van der Waals surface area contributed by atoms with Crippen LogP contribution in [0.4, 0.5) is 11.4 Å². The van der Waals surface area contributed by atoms with Crippen molar-refractivity contribution in [1.29, 1.82) is 0 Å². The molecule has 1 saturated heterocycles. The fourth-order valence-corrected chi connectivity index (χ4v) is 4.70. The first-order valence-corrected chi connectivity index (χ1v) is 12.9. The van der Waals surface area contributed by atoms with Gasteiger partial charge in [0.15, 0.2) is 5.69 Å². The van der Waals surface area contributed by atoms with Crippen LogP contribution in [0.1, 0.15) is 48.2 Å². The number of aromatic nitrogens is 7. The Bertz CT molecular complexity index is 1440. The second-order valence-electron chi connectivity index (χ2n) is 10.1. The van der Waals surface area contributed by atoms with E-state index in [4.69, 9.17) is 0 Å². The molecule has 4 aromatic heterocycles. The second kappa shape index (κ2) is 10.7. The third-order valence-electron chi connectivity index (χ3n) is 6.81. The Kier molecular flexibility index (Phi) is 7.19. The molecule has 0 spiro atoms. The Morgan fingerprint density at radius 2 is 1.87 bits per heavy atom. The molecule has 5 rings (SSSR count). The van der Waals surface area contributed by atoms with Gasteiger partial charge in [-0.1, -0.05) is 5.21 Å². The van der Waals surface area contributed by atoms with E-state index in [1.54, 1.807) is 16.9 Å². The lowest BCUT2D eigenvalue weighted by molar-refractivity contribution is 0.102. The van der Waals surface area contributed by atoms with Crippen LogP contribution in [0.2, 0.25) is 0 Å². The van der Waals surface area contributed by atoms with Crippen molar-refractivity contribution in [3.8, 4) is 16.9 Å². The molecule has 0 radical (unpaired) electrons. The molecule has 0 aromatic carbocycles. The van der Waals surface area contributed by atoms with Gasteiger partial charge in [0.05, 0.1) is 41.3 Å². The molecule has 1 amide bonds.